The van der Waals surface area contributed by atoms with Crippen LogP contribution in [0.3, 0.4) is 0 Å². The monoisotopic (exact) mass is 371 g/mol. The van der Waals surface area contributed by atoms with Crippen LogP contribution >= 0.6 is 0 Å². The molecule has 6 heteroatoms. The highest BCUT2D eigenvalue weighted by Crippen LogP contribution is 2.26. The average Bonchev–Trinajstić information content (AvgIpc) is 2.66. The van der Waals surface area contributed by atoms with Gasteiger partial charge in [-0.1, -0.05) is 24.3 Å². The highest BCUT2D eigenvalue weighted by Gasteiger charge is 2.29. The minimum Gasteiger partial charge on any atom is -0.478 e. The second-order valence-corrected chi connectivity index (χ2v) is 6.79. The number of aryl methyl sites for hydroxylation is 1. The summed E-state index contributed by atoms with van der Waals surface area (Å²) in [7, 11) is 0. The lowest BCUT2D eigenvalue weighted by Gasteiger charge is -2.37. The molecule has 0 bridgehead atoms. The fourth-order valence-electron chi connectivity index (χ4n) is 3.24. The maximum Gasteiger partial charge on any atom is 0.335 e. The van der Waals surface area contributed by atoms with E-state index >= 15 is 0 Å². The summed E-state index contributed by atoms with van der Waals surface area (Å²) < 4.78 is 19.0. The van der Waals surface area contributed by atoms with Gasteiger partial charge in [0, 0.05) is 13.0 Å². The van der Waals surface area contributed by atoms with Crippen LogP contribution in [-0.2, 0) is 16.0 Å². The van der Waals surface area contributed by atoms with Crippen molar-refractivity contribution in [2.75, 3.05) is 13.1 Å². The van der Waals surface area contributed by atoms with Gasteiger partial charge in [-0.2, -0.15) is 0 Å². The van der Waals surface area contributed by atoms with Crippen LogP contribution in [0.2, 0.25) is 0 Å². The molecule has 0 spiro atoms. The van der Waals surface area contributed by atoms with Crippen molar-refractivity contribution in [3.8, 4) is 0 Å². The van der Waals surface area contributed by atoms with E-state index in [9.17, 15) is 14.0 Å². The van der Waals surface area contributed by atoms with Gasteiger partial charge in [0.1, 0.15) is 11.9 Å². The number of benzene rings is 2. The Hall–Kier alpha value is -2.73. The third-order valence-electron chi connectivity index (χ3n) is 4.68. The molecule has 0 radical (unpaired) electrons. The molecule has 27 heavy (non-hydrogen) atoms. The van der Waals surface area contributed by atoms with Crippen LogP contribution in [0.1, 0.15) is 40.9 Å². The predicted molar refractivity (Wildman–Crippen MR) is 98.0 cm³/mol. The number of carbonyl (C=O) groups excluding carboxylic acids is 1. The van der Waals surface area contributed by atoms with Crippen molar-refractivity contribution in [1.82, 2.24) is 4.90 Å². The largest absolute Gasteiger partial charge is 0.478 e. The summed E-state index contributed by atoms with van der Waals surface area (Å²) >= 11 is 0. The van der Waals surface area contributed by atoms with E-state index in [0.717, 1.165) is 11.1 Å². The number of hydrogen-bond acceptors (Lipinski definition) is 3. The van der Waals surface area contributed by atoms with Gasteiger partial charge in [-0.05, 0) is 48.7 Å². The van der Waals surface area contributed by atoms with E-state index < -0.39 is 5.97 Å². The molecular formula is C21H22FNO4. The zero-order valence-corrected chi connectivity index (χ0v) is 15.1. The van der Waals surface area contributed by atoms with Crippen molar-refractivity contribution in [3.63, 3.8) is 0 Å². The number of nitrogens with zero attached hydrogens (tertiary/aromatic N) is 1. The van der Waals surface area contributed by atoms with E-state index in [1.807, 2.05) is 6.92 Å². The molecule has 1 aliphatic rings. The van der Waals surface area contributed by atoms with E-state index in [-0.39, 0.29) is 29.5 Å². The number of hydrogen-bond donors (Lipinski definition) is 1. The van der Waals surface area contributed by atoms with Crippen molar-refractivity contribution in [2.45, 2.75) is 32.0 Å². The lowest BCUT2D eigenvalue weighted by atomic mass is 10.0. The molecule has 1 heterocycles. The van der Waals surface area contributed by atoms with Crippen molar-refractivity contribution in [2.24, 2.45) is 0 Å². The van der Waals surface area contributed by atoms with Crippen LogP contribution in [0.4, 0.5) is 4.39 Å². The second kappa shape index (κ2) is 8.31. The number of carbonyl (C=O) groups is 2. The Bertz CT molecular complexity index is 804. The molecule has 1 amide bonds. The lowest BCUT2D eigenvalue weighted by Crippen LogP contribution is -2.46. The molecule has 142 valence electrons. The van der Waals surface area contributed by atoms with Gasteiger partial charge in [0.15, 0.2) is 0 Å². The minimum absolute atomic E-state index is 0.0274. The summed E-state index contributed by atoms with van der Waals surface area (Å²) in [4.78, 5) is 25.3. The van der Waals surface area contributed by atoms with Crippen LogP contribution in [0, 0.1) is 5.82 Å². The van der Waals surface area contributed by atoms with E-state index in [4.69, 9.17) is 9.84 Å². The summed E-state index contributed by atoms with van der Waals surface area (Å²) in [5.41, 5.74) is 2.00. The Morgan fingerprint density at radius 1 is 1.11 bits per heavy atom. The van der Waals surface area contributed by atoms with Crippen LogP contribution in [0.5, 0.6) is 0 Å². The van der Waals surface area contributed by atoms with Crippen LogP contribution in [0.25, 0.3) is 0 Å². The van der Waals surface area contributed by atoms with Gasteiger partial charge in [0.2, 0.25) is 5.91 Å². The number of carboxylic acids is 1. The molecular weight excluding hydrogens is 349 g/mol. The SMILES string of the molecule is CC1CN(C(=O)CCc2ccc(C(=O)O)cc2)CC(c2ccc(F)cc2)O1. The van der Waals surface area contributed by atoms with Gasteiger partial charge < -0.3 is 14.7 Å². The Kier molecular flexibility index (Phi) is 5.86. The van der Waals surface area contributed by atoms with Crippen LogP contribution in [-0.4, -0.2) is 41.1 Å². The maximum absolute atomic E-state index is 13.1. The molecule has 3 rings (SSSR count). The first kappa shape index (κ1) is 19.0. The number of carboxylic acid groups (broad SMARTS) is 1. The predicted octanol–water partition coefficient (Wildman–Crippen LogP) is 3.45. The molecule has 2 aromatic rings. The molecule has 1 N–H and O–H groups in total. The third-order valence-corrected chi connectivity index (χ3v) is 4.68. The number of aromatic carboxylic acids is 1. The molecule has 0 saturated carbocycles. The fraction of sp³-hybridized carbons (Fsp3) is 0.333. The topological polar surface area (TPSA) is 66.8 Å². The van der Waals surface area contributed by atoms with Crippen molar-refractivity contribution in [1.29, 1.82) is 0 Å². The van der Waals surface area contributed by atoms with Gasteiger partial charge in [0.05, 0.1) is 18.2 Å². The van der Waals surface area contributed by atoms with Crippen LogP contribution < -0.4 is 0 Å². The molecule has 2 aromatic carbocycles. The van der Waals surface area contributed by atoms with E-state index in [0.29, 0.717) is 25.9 Å². The summed E-state index contributed by atoms with van der Waals surface area (Å²) in [5.74, 6) is -1.24. The minimum atomic E-state index is -0.966. The van der Waals surface area contributed by atoms with Crippen molar-refractivity contribution < 1.29 is 23.8 Å². The zero-order chi connectivity index (χ0) is 19.4. The quantitative estimate of drug-likeness (QED) is 0.874. The number of morpholine rings is 1. The molecule has 1 saturated heterocycles. The highest BCUT2D eigenvalue weighted by molar-refractivity contribution is 5.87. The standard InChI is InChI=1S/C21H22FNO4/c1-14-12-23(13-19(27-14)16-7-9-18(22)10-8-16)20(24)11-4-15-2-5-17(6-3-15)21(25)26/h2-3,5-10,14,19H,4,11-13H2,1H3,(H,25,26). The Morgan fingerprint density at radius 3 is 2.41 bits per heavy atom. The summed E-state index contributed by atoms with van der Waals surface area (Å²) in [6.45, 7) is 2.88. The number of amides is 1. The molecule has 0 aliphatic carbocycles. The van der Waals surface area contributed by atoms with Gasteiger partial charge >= 0.3 is 5.97 Å². The molecule has 1 fully saturated rings. The van der Waals surface area contributed by atoms with Crippen LogP contribution in [0.15, 0.2) is 48.5 Å². The van der Waals surface area contributed by atoms with Gasteiger partial charge in [0.25, 0.3) is 0 Å². The number of ether oxygens (including phenoxy) is 1. The Morgan fingerprint density at radius 2 is 1.78 bits per heavy atom. The number of halogens is 1. The van der Waals surface area contributed by atoms with Gasteiger partial charge in [-0.15, -0.1) is 0 Å². The smallest absolute Gasteiger partial charge is 0.335 e. The first-order chi connectivity index (χ1) is 12.9. The van der Waals surface area contributed by atoms with Crippen molar-refractivity contribution in [3.05, 3.63) is 71.0 Å². The zero-order valence-electron chi connectivity index (χ0n) is 15.1. The van der Waals surface area contributed by atoms with Gasteiger partial charge in [-0.25, -0.2) is 9.18 Å². The summed E-state index contributed by atoms with van der Waals surface area (Å²) in [6.07, 6.45) is 0.516. The molecule has 2 unspecified atom stereocenters. The molecule has 1 aliphatic heterocycles. The molecule has 2 atom stereocenters. The molecule has 0 aromatic heterocycles. The Balaban J connectivity index is 1.60. The van der Waals surface area contributed by atoms with E-state index in [1.54, 1.807) is 41.3 Å². The average molecular weight is 371 g/mol. The lowest BCUT2D eigenvalue weighted by molar-refractivity contribution is -0.144. The molecule has 5 nitrogen and oxygen atoms in total. The summed E-state index contributed by atoms with van der Waals surface area (Å²) in [6, 6.07) is 12.7. The highest BCUT2D eigenvalue weighted by atomic mass is 19.1. The van der Waals surface area contributed by atoms with Crippen molar-refractivity contribution >= 4 is 11.9 Å². The number of rotatable bonds is 5. The van der Waals surface area contributed by atoms with Gasteiger partial charge in [-0.3, -0.25) is 4.79 Å². The summed E-state index contributed by atoms with van der Waals surface area (Å²) in [5, 5.41) is 8.93. The third kappa shape index (κ3) is 4.92. The van der Waals surface area contributed by atoms with E-state index in [1.165, 1.54) is 12.1 Å². The normalized spacial score (nSPS) is 19.7. The first-order valence-electron chi connectivity index (χ1n) is 8.93. The maximum atomic E-state index is 13.1. The first-order valence-corrected chi connectivity index (χ1v) is 8.93. The Labute approximate surface area is 157 Å². The fourth-order valence-corrected chi connectivity index (χ4v) is 3.24. The van der Waals surface area contributed by atoms with E-state index in [2.05, 4.69) is 0 Å². The second-order valence-electron chi connectivity index (χ2n) is 6.79.